The number of carbonyl (C=O) groups is 1. The molecule has 0 radical (unpaired) electrons. The molecule has 0 aromatic rings. The second-order valence-electron chi connectivity index (χ2n) is 4.64. The van der Waals surface area contributed by atoms with Crippen molar-refractivity contribution in [3.63, 3.8) is 0 Å². The van der Waals surface area contributed by atoms with Gasteiger partial charge in [0.25, 0.3) is 0 Å². The van der Waals surface area contributed by atoms with Crippen molar-refractivity contribution in [1.82, 2.24) is 0 Å². The summed E-state index contributed by atoms with van der Waals surface area (Å²) in [6, 6.07) is 0. The van der Waals surface area contributed by atoms with Crippen LogP contribution in [-0.2, 0) is 4.79 Å². The highest BCUT2D eigenvalue weighted by atomic mass is 32.1. The van der Waals surface area contributed by atoms with E-state index < -0.39 is 10.7 Å². The molecule has 1 atom stereocenters. The van der Waals surface area contributed by atoms with Crippen molar-refractivity contribution in [3.05, 3.63) is 23.3 Å². The van der Waals surface area contributed by atoms with Crippen LogP contribution in [-0.4, -0.2) is 10.7 Å². The molecule has 0 N–H and O–H groups in total. The van der Waals surface area contributed by atoms with Crippen LogP contribution in [0.1, 0.15) is 47.0 Å². The van der Waals surface area contributed by atoms with Gasteiger partial charge in [0.1, 0.15) is 0 Å². The second kappa shape index (κ2) is 6.79. The Kier molecular flexibility index (Phi) is 6.49. The van der Waals surface area contributed by atoms with Gasteiger partial charge in [-0.2, -0.15) is 12.6 Å². The monoisotopic (exact) mass is 241 g/mol. The van der Waals surface area contributed by atoms with E-state index in [-0.39, 0.29) is 0 Å². The molecule has 0 aromatic heterocycles. The van der Waals surface area contributed by atoms with Crippen molar-refractivity contribution in [2.75, 3.05) is 0 Å². The van der Waals surface area contributed by atoms with Crippen LogP contribution >= 0.6 is 12.6 Å². The topological polar surface area (TPSA) is 40.1 Å². The zero-order chi connectivity index (χ0) is 12.8. The molecular formula is C13H21O2S-. The van der Waals surface area contributed by atoms with E-state index in [1.807, 2.05) is 13.0 Å². The molecule has 1 unspecified atom stereocenters. The smallest absolute Gasteiger partial charge is 0.0573 e. The standard InChI is InChI=1S/C13H22O2S/c1-10(2)6-5-7-11(3)8-9-13(4,16)12(14)15/h6,8,16H,5,7,9H2,1-4H3,(H,14,15)/p-1/b11-8+. The van der Waals surface area contributed by atoms with Crippen LogP contribution in [0.15, 0.2) is 23.3 Å². The summed E-state index contributed by atoms with van der Waals surface area (Å²) >= 11 is 4.06. The predicted octanol–water partition coefficient (Wildman–Crippen LogP) is 2.51. The molecule has 0 aliphatic heterocycles. The van der Waals surface area contributed by atoms with E-state index in [2.05, 4.69) is 32.6 Å². The Balaban J connectivity index is 4.15. The van der Waals surface area contributed by atoms with E-state index in [1.165, 1.54) is 11.1 Å². The number of allylic oxidation sites excluding steroid dienone is 4. The first-order valence-corrected chi connectivity index (χ1v) is 5.93. The summed E-state index contributed by atoms with van der Waals surface area (Å²) in [5.74, 6) is -1.12. The van der Waals surface area contributed by atoms with Gasteiger partial charge in [0.05, 0.1) is 10.7 Å². The molecule has 0 heterocycles. The molecule has 0 aliphatic carbocycles. The zero-order valence-corrected chi connectivity index (χ0v) is 11.4. The molecule has 0 aromatic carbocycles. The van der Waals surface area contributed by atoms with Gasteiger partial charge in [-0.3, -0.25) is 0 Å². The predicted molar refractivity (Wildman–Crippen MR) is 69.4 cm³/mol. The lowest BCUT2D eigenvalue weighted by molar-refractivity contribution is -0.308. The lowest BCUT2D eigenvalue weighted by Crippen LogP contribution is -2.41. The van der Waals surface area contributed by atoms with Crippen LogP contribution in [0.3, 0.4) is 0 Å². The first-order valence-electron chi connectivity index (χ1n) is 5.48. The van der Waals surface area contributed by atoms with E-state index in [1.54, 1.807) is 6.92 Å². The van der Waals surface area contributed by atoms with Crippen molar-refractivity contribution in [3.8, 4) is 0 Å². The van der Waals surface area contributed by atoms with Crippen molar-refractivity contribution in [1.29, 1.82) is 0 Å². The molecule has 0 saturated carbocycles. The van der Waals surface area contributed by atoms with Crippen molar-refractivity contribution in [2.45, 2.75) is 51.7 Å². The first kappa shape index (κ1) is 15.3. The number of hydrogen-bond acceptors (Lipinski definition) is 3. The highest BCUT2D eigenvalue weighted by Gasteiger charge is 2.18. The molecule has 0 saturated heterocycles. The van der Waals surface area contributed by atoms with Gasteiger partial charge in [-0.05, 0) is 47.0 Å². The molecule has 0 fully saturated rings. The minimum Gasteiger partial charge on any atom is -0.549 e. The fraction of sp³-hybridized carbons (Fsp3) is 0.615. The lowest BCUT2D eigenvalue weighted by Gasteiger charge is -2.23. The number of hydrogen-bond donors (Lipinski definition) is 1. The Bertz CT molecular complexity index is 297. The first-order chi connectivity index (χ1) is 7.25. The number of aliphatic carboxylic acids is 1. The zero-order valence-electron chi connectivity index (χ0n) is 10.5. The van der Waals surface area contributed by atoms with Gasteiger partial charge in [0, 0.05) is 0 Å². The van der Waals surface area contributed by atoms with E-state index in [9.17, 15) is 9.90 Å². The second-order valence-corrected chi connectivity index (χ2v) is 5.62. The molecular weight excluding hydrogens is 220 g/mol. The Morgan fingerprint density at radius 3 is 2.31 bits per heavy atom. The van der Waals surface area contributed by atoms with Crippen LogP contribution in [0.2, 0.25) is 0 Å². The Morgan fingerprint density at radius 2 is 1.88 bits per heavy atom. The number of carbonyl (C=O) groups excluding carboxylic acids is 1. The third kappa shape index (κ3) is 6.72. The van der Waals surface area contributed by atoms with E-state index in [0.29, 0.717) is 6.42 Å². The highest BCUT2D eigenvalue weighted by Crippen LogP contribution is 2.20. The fourth-order valence-corrected chi connectivity index (χ4v) is 1.24. The Morgan fingerprint density at radius 1 is 1.31 bits per heavy atom. The minimum atomic E-state index is -1.12. The summed E-state index contributed by atoms with van der Waals surface area (Å²) < 4.78 is -1.07. The summed E-state index contributed by atoms with van der Waals surface area (Å²) in [6.45, 7) is 7.71. The molecule has 0 rings (SSSR count). The molecule has 92 valence electrons. The molecule has 3 heteroatoms. The van der Waals surface area contributed by atoms with Crippen LogP contribution in [0.25, 0.3) is 0 Å². The van der Waals surface area contributed by atoms with Gasteiger partial charge in [-0.25, -0.2) is 0 Å². The number of rotatable bonds is 6. The summed E-state index contributed by atoms with van der Waals surface area (Å²) in [6.07, 6.45) is 6.47. The molecule has 16 heavy (non-hydrogen) atoms. The maximum absolute atomic E-state index is 10.7. The molecule has 0 amide bonds. The summed E-state index contributed by atoms with van der Waals surface area (Å²) in [5, 5.41) is 10.7. The SMILES string of the molecule is CC(C)=CCC/C(C)=C/CC(C)(S)C(=O)[O-]. The van der Waals surface area contributed by atoms with Crippen LogP contribution in [0.5, 0.6) is 0 Å². The van der Waals surface area contributed by atoms with Gasteiger partial charge in [0.15, 0.2) is 0 Å². The van der Waals surface area contributed by atoms with Crippen LogP contribution in [0.4, 0.5) is 0 Å². The van der Waals surface area contributed by atoms with Crippen molar-refractivity contribution >= 4 is 18.6 Å². The maximum atomic E-state index is 10.7. The van der Waals surface area contributed by atoms with Gasteiger partial charge in [0.2, 0.25) is 0 Å². The normalized spacial score (nSPS) is 15.4. The molecule has 0 aliphatic rings. The average molecular weight is 241 g/mol. The summed E-state index contributed by atoms with van der Waals surface area (Å²) in [7, 11) is 0. The number of thiol groups is 1. The summed E-state index contributed by atoms with van der Waals surface area (Å²) in [4.78, 5) is 10.7. The maximum Gasteiger partial charge on any atom is 0.0573 e. The quantitative estimate of drug-likeness (QED) is 0.573. The van der Waals surface area contributed by atoms with Gasteiger partial charge in [-0.15, -0.1) is 0 Å². The van der Waals surface area contributed by atoms with E-state index >= 15 is 0 Å². The average Bonchev–Trinajstić information content (AvgIpc) is 2.14. The third-order valence-electron chi connectivity index (χ3n) is 2.38. The van der Waals surface area contributed by atoms with Gasteiger partial charge >= 0.3 is 0 Å². The summed E-state index contributed by atoms with van der Waals surface area (Å²) in [5.41, 5.74) is 2.50. The Labute approximate surface area is 104 Å². The van der Waals surface area contributed by atoms with Crippen molar-refractivity contribution < 1.29 is 9.90 Å². The fourth-order valence-electron chi connectivity index (χ4n) is 1.15. The molecule has 0 spiro atoms. The lowest BCUT2D eigenvalue weighted by atomic mass is 10.0. The highest BCUT2D eigenvalue weighted by molar-refractivity contribution is 7.82. The van der Waals surface area contributed by atoms with E-state index in [4.69, 9.17) is 0 Å². The van der Waals surface area contributed by atoms with Crippen LogP contribution < -0.4 is 5.11 Å². The number of carboxylic acid groups (broad SMARTS) is 1. The largest absolute Gasteiger partial charge is 0.549 e. The van der Waals surface area contributed by atoms with Crippen molar-refractivity contribution in [2.24, 2.45) is 0 Å². The van der Waals surface area contributed by atoms with Gasteiger partial charge < -0.3 is 9.90 Å². The molecule has 0 bridgehead atoms. The molecule has 2 nitrogen and oxygen atoms in total. The van der Waals surface area contributed by atoms with Gasteiger partial charge in [-0.1, -0.05) is 23.3 Å². The Hall–Kier alpha value is -0.700. The third-order valence-corrected chi connectivity index (χ3v) is 2.74. The van der Waals surface area contributed by atoms with Crippen LogP contribution in [0, 0.1) is 0 Å². The number of carboxylic acids is 1. The van der Waals surface area contributed by atoms with E-state index in [0.717, 1.165) is 12.8 Å². The minimum absolute atomic E-state index is 0.402.